The van der Waals surface area contributed by atoms with Gasteiger partial charge in [0.05, 0.1) is 34.4 Å². The van der Waals surface area contributed by atoms with Crippen molar-refractivity contribution in [3.63, 3.8) is 0 Å². The van der Waals surface area contributed by atoms with E-state index in [1.54, 1.807) is 0 Å². The van der Waals surface area contributed by atoms with E-state index < -0.39 is 18.1 Å². The molecule has 0 amide bonds. The zero-order valence-corrected chi connectivity index (χ0v) is 36.9. The molecule has 55 heavy (non-hydrogen) atoms. The zero-order valence-electron chi connectivity index (χ0n) is 36.9. The van der Waals surface area contributed by atoms with E-state index in [1.807, 2.05) is 21.1 Å². The van der Waals surface area contributed by atoms with Crippen LogP contribution in [0.25, 0.3) is 0 Å². The molecule has 0 saturated carbocycles. The topological polar surface area (TPSA) is 99.1 Å². The van der Waals surface area contributed by atoms with Gasteiger partial charge in [-0.15, -0.1) is 0 Å². The number of allylic oxidation sites excluding steroid dienone is 2. The highest BCUT2D eigenvalue weighted by Crippen LogP contribution is 2.16. The third-order valence-electron chi connectivity index (χ3n) is 10.7. The third-order valence-corrected chi connectivity index (χ3v) is 10.7. The van der Waals surface area contributed by atoms with Gasteiger partial charge in [-0.3, -0.25) is 9.59 Å². The van der Waals surface area contributed by atoms with E-state index >= 15 is 0 Å². The van der Waals surface area contributed by atoms with Crippen molar-refractivity contribution in [2.24, 2.45) is 0 Å². The molecule has 0 heterocycles. The first kappa shape index (κ1) is 53.1. The molecule has 0 aliphatic rings. The van der Waals surface area contributed by atoms with E-state index in [4.69, 9.17) is 14.2 Å². The summed E-state index contributed by atoms with van der Waals surface area (Å²) in [4.78, 5) is 36.9. The SMILES string of the molecule is CCCC/C=C/CCCCCCC(=O)OC(COCCC(C(=O)O)[N+](C)(C)C)COC(=O)CCCCCCCCCCCCCCCCCCCCCCC. The number of ether oxygens (including phenoxy) is 3. The first-order valence-corrected chi connectivity index (χ1v) is 23.2. The quantitative estimate of drug-likeness (QED) is 0.0285. The lowest BCUT2D eigenvalue weighted by molar-refractivity contribution is -0.887. The second-order valence-electron chi connectivity index (χ2n) is 17.0. The molecule has 2 unspecified atom stereocenters. The molecule has 0 aromatic rings. The van der Waals surface area contributed by atoms with Crippen LogP contribution >= 0.6 is 0 Å². The van der Waals surface area contributed by atoms with Gasteiger partial charge in [0.15, 0.2) is 12.1 Å². The second-order valence-corrected chi connectivity index (χ2v) is 17.0. The van der Waals surface area contributed by atoms with Gasteiger partial charge in [0, 0.05) is 19.3 Å². The van der Waals surface area contributed by atoms with Crippen molar-refractivity contribution in [1.82, 2.24) is 0 Å². The number of carboxylic acids is 1. The lowest BCUT2D eigenvalue weighted by Crippen LogP contribution is -2.50. The number of rotatable bonds is 42. The molecule has 0 aromatic heterocycles. The third kappa shape index (κ3) is 37.4. The molecule has 0 aliphatic carbocycles. The van der Waals surface area contributed by atoms with Crippen molar-refractivity contribution in [2.45, 2.75) is 231 Å². The lowest BCUT2D eigenvalue weighted by atomic mass is 10.0. The number of carboxylic acid groups (broad SMARTS) is 1. The summed E-state index contributed by atoms with van der Waals surface area (Å²) in [5, 5.41) is 9.61. The maximum Gasteiger partial charge on any atom is 0.362 e. The number of aliphatic carboxylic acids is 1. The minimum atomic E-state index is -0.874. The van der Waals surface area contributed by atoms with E-state index in [0.717, 1.165) is 57.8 Å². The number of carbonyl (C=O) groups excluding carboxylic acids is 2. The van der Waals surface area contributed by atoms with Crippen molar-refractivity contribution in [2.75, 3.05) is 41.0 Å². The Hall–Kier alpha value is -1.93. The fourth-order valence-electron chi connectivity index (χ4n) is 7.01. The van der Waals surface area contributed by atoms with Gasteiger partial charge in [-0.25, -0.2) is 4.79 Å². The predicted molar refractivity (Wildman–Crippen MR) is 229 cm³/mol. The highest BCUT2D eigenvalue weighted by atomic mass is 16.6. The molecule has 0 saturated heterocycles. The monoisotopic (exact) mass is 781 g/mol. The van der Waals surface area contributed by atoms with Gasteiger partial charge in [-0.1, -0.05) is 180 Å². The fourth-order valence-corrected chi connectivity index (χ4v) is 7.01. The molecular formula is C47H90NO7+. The number of quaternary nitrogens is 1. The van der Waals surface area contributed by atoms with Gasteiger partial charge in [-0.05, 0) is 32.1 Å². The highest BCUT2D eigenvalue weighted by Gasteiger charge is 2.31. The van der Waals surface area contributed by atoms with Gasteiger partial charge >= 0.3 is 17.9 Å². The van der Waals surface area contributed by atoms with Crippen LogP contribution in [0.15, 0.2) is 12.2 Å². The smallest absolute Gasteiger partial charge is 0.362 e. The summed E-state index contributed by atoms with van der Waals surface area (Å²) in [6, 6.07) is -0.611. The number of hydrogen-bond donors (Lipinski definition) is 1. The Morgan fingerprint density at radius 1 is 0.527 bits per heavy atom. The average molecular weight is 781 g/mol. The van der Waals surface area contributed by atoms with Crippen LogP contribution in [0.1, 0.15) is 219 Å². The van der Waals surface area contributed by atoms with Crippen LogP contribution in [0.3, 0.4) is 0 Å². The summed E-state index contributed by atoms with van der Waals surface area (Å²) in [5.74, 6) is -1.47. The van der Waals surface area contributed by atoms with Gasteiger partial charge < -0.3 is 23.8 Å². The maximum absolute atomic E-state index is 12.7. The molecule has 1 N–H and O–H groups in total. The van der Waals surface area contributed by atoms with Crippen molar-refractivity contribution in [1.29, 1.82) is 0 Å². The molecule has 0 aliphatic heterocycles. The standard InChI is InChI=1S/C47H89NO7/c1-6-8-10-12-14-16-18-19-20-21-22-23-24-25-26-27-28-30-31-33-35-37-45(49)54-42-43(41-53-40-39-44(47(51)52)48(3,4)5)55-46(50)38-36-34-32-29-17-15-13-11-9-7-2/h13,15,43-44H,6-12,14,16-42H2,1-5H3/p+1/b15-13+. The summed E-state index contributed by atoms with van der Waals surface area (Å²) in [5.41, 5.74) is 0. The van der Waals surface area contributed by atoms with E-state index in [0.29, 0.717) is 19.3 Å². The molecule has 8 heteroatoms. The van der Waals surface area contributed by atoms with E-state index in [9.17, 15) is 19.5 Å². The first-order chi connectivity index (χ1) is 26.6. The fraction of sp³-hybridized carbons (Fsp3) is 0.894. The molecule has 2 atom stereocenters. The Morgan fingerprint density at radius 3 is 1.36 bits per heavy atom. The summed E-state index contributed by atoms with van der Waals surface area (Å²) in [6.07, 6.45) is 41.2. The molecule has 0 fully saturated rings. The van der Waals surface area contributed by atoms with Crippen LogP contribution in [-0.2, 0) is 28.6 Å². The van der Waals surface area contributed by atoms with E-state index in [-0.39, 0.29) is 36.2 Å². The Kier molecular flexibility index (Phi) is 37.6. The molecule has 0 aromatic carbocycles. The van der Waals surface area contributed by atoms with E-state index in [1.165, 1.54) is 128 Å². The van der Waals surface area contributed by atoms with Crippen LogP contribution < -0.4 is 0 Å². The molecule has 324 valence electrons. The van der Waals surface area contributed by atoms with Crippen molar-refractivity contribution in [3.05, 3.63) is 12.2 Å². The van der Waals surface area contributed by atoms with Crippen molar-refractivity contribution >= 4 is 17.9 Å². The van der Waals surface area contributed by atoms with Crippen LogP contribution in [0.4, 0.5) is 0 Å². The first-order valence-electron chi connectivity index (χ1n) is 23.2. The molecular weight excluding hydrogens is 691 g/mol. The second kappa shape index (κ2) is 38.9. The molecule has 0 radical (unpaired) electrons. The molecule has 0 rings (SSSR count). The maximum atomic E-state index is 12.7. The largest absolute Gasteiger partial charge is 0.477 e. The van der Waals surface area contributed by atoms with Crippen LogP contribution in [0.5, 0.6) is 0 Å². The number of likely N-dealkylation sites (N-methyl/N-ethyl adjacent to an activating group) is 1. The van der Waals surface area contributed by atoms with Crippen LogP contribution in [0, 0.1) is 0 Å². The van der Waals surface area contributed by atoms with Gasteiger partial charge in [0.2, 0.25) is 0 Å². The minimum absolute atomic E-state index is 0.0497. The molecule has 8 nitrogen and oxygen atoms in total. The van der Waals surface area contributed by atoms with E-state index in [2.05, 4.69) is 26.0 Å². The number of hydrogen-bond acceptors (Lipinski definition) is 6. The normalized spacial score (nSPS) is 13.0. The summed E-state index contributed by atoms with van der Waals surface area (Å²) >= 11 is 0. The summed E-state index contributed by atoms with van der Waals surface area (Å²) < 4.78 is 17.3. The van der Waals surface area contributed by atoms with Crippen LogP contribution in [-0.4, -0.2) is 80.6 Å². The number of nitrogens with zero attached hydrogens (tertiary/aromatic N) is 1. The predicted octanol–water partition coefficient (Wildman–Crippen LogP) is 12.7. The summed E-state index contributed by atoms with van der Waals surface area (Å²) in [6.45, 7) is 4.71. The van der Waals surface area contributed by atoms with Gasteiger partial charge in [-0.2, -0.15) is 0 Å². The van der Waals surface area contributed by atoms with Crippen LogP contribution in [0.2, 0.25) is 0 Å². The highest BCUT2D eigenvalue weighted by molar-refractivity contribution is 5.72. The number of unbranched alkanes of at least 4 members (excludes halogenated alkanes) is 26. The van der Waals surface area contributed by atoms with Crippen molar-refractivity contribution < 1.29 is 38.2 Å². The Balaban J connectivity index is 4.15. The van der Waals surface area contributed by atoms with Crippen molar-refractivity contribution in [3.8, 4) is 0 Å². The average Bonchev–Trinajstić information content (AvgIpc) is 3.14. The van der Waals surface area contributed by atoms with Gasteiger partial charge in [0.25, 0.3) is 0 Å². The zero-order chi connectivity index (χ0) is 40.7. The minimum Gasteiger partial charge on any atom is -0.477 e. The number of carbonyl (C=O) groups is 3. The summed E-state index contributed by atoms with van der Waals surface area (Å²) in [7, 11) is 5.53. The molecule has 0 spiro atoms. The Bertz CT molecular complexity index is 915. The lowest BCUT2D eigenvalue weighted by Gasteiger charge is -2.31. The Labute approximate surface area is 339 Å². The Morgan fingerprint density at radius 2 is 0.927 bits per heavy atom. The van der Waals surface area contributed by atoms with Gasteiger partial charge in [0.1, 0.15) is 6.61 Å². The number of esters is 2. The molecule has 0 bridgehead atoms.